The van der Waals surface area contributed by atoms with Gasteiger partial charge in [0.2, 0.25) is 0 Å². The minimum atomic E-state index is -0.336. The number of methoxy groups -OCH3 is 1. The second-order valence-electron chi connectivity index (χ2n) is 4.09. The SMILES string of the molecule is CCCCC(C)Oc1cccc(C(=O)OC)c1. The molecule has 1 rings (SSSR count). The van der Waals surface area contributed by atoms with E-state index in [4.69, 9.17) is 4.74 Å². The third kappa shape index (κ3) is 4.47. The van der Waals surface area contributed by atoms with Gasteiger partial charge in [-0.25, -0.2) is 4.79 Å². The molecule has 17 heavy (non-hydrogen) atoms. The van der Waals surface area contributed by atoms with Gasteiger partial charge in [-0.2, -0.15) is 0 Å². The predicted octanol–water partition coefficient (Wildman–Crippen LogP) is 3.43. The third-order valence-corrected chi connectivity index (χ3v) is 2.56. The quantitative estimate of drug-likeness (QED) is 0.710. The predicted molar refractivity (Wildman–Crippen MR) is 67.4 cm³/mol. The summed E-state index contributed by atoms with van der Waals surface area (Å²) in [6, 6.07) is 7.09. The average molecular weight is 236 g/mol. The summed E-state index contributed by atoms with van der Waals surface area (Å²) < 4.78 is 10.4. The molecule has 0 aliphatic heterocycles. The molecule has 0 radical (unpaired) electrons. The molecule has 0 aliphatic carbocycles. The van der Waals surface area contributed by atoms with E-state index in [0.29, 0.717) is 5.56 Å². The van der Waals surface area contributed by atoms with Crippen LogP contribution in [0.15, 0.2) is 24.3 Å². The van der Waals surface area contributed by atoms with Gasteiger partial charge in [0, 0.05) is 0 Å². The smallest absolute Gasteiger partial charge is 0.337 e. The van der Waals surface area contributed by atoms with Gasteiger partial charge < -0.3 is 9.47 Å². The number of esters is 1. The minimum Gasteiger partial charge on any atom is -0.491 e. The number of ether oxygens (including phenoxy) is 2. The highest BCUT2D eigenvalue weighted by atomic mass is 16.5. The molecule has 1 atom stereocenters. The first-order chi connectivity index (χ1) is 8.17. The van der Waals surface area contributed by atoms with Gasteiger partial charge >= 0.3 is 5.97 Å². The molecule has 1 unspecified atom stereocenters. The fraction of sp³-hybridized carbons (Fsp3) is 0.500. The molecule has 1 aromatic carbocycles. The molecule has 0 bridgehead atoms. The lowest BCUT2D eigenvalue weighted by Gasteiger charge is -2.14. The van der Waals surface area contributed by atoms with Crippen LogP contribution in [0.25, 0.3) is 0 Å². The van der Waals surface area contributed by atoms with E-state index in [1.165, 1.54) is 7.11 Å². The summed E-state index contributed by atoms with van der Waals surface area (Å²) in [5, 5.41) is 0. The van der Waals surface area contributed by atoms with Gasteiger partial charge in [0.15, 0.2) is 0 Å². The van der Waals surface area contributed by atoms with E-state index in [0.717, 1.165) is 25.0 Å². The van der Waals surface area contributed by atoms with Crippen LogP contribution in [0.2, 0.25) is 0 Å². The molecule has 0 fully saturated rings. The van der Waals surface area contributed by atoms with Crippen molar-refractivity contribution in [1.82, 2.24) is 0 Å². The summed E-state index contributed by atoms with van der Waals surface area (Å²) in [5.74, 6) is 0.383. The van der Waals surface area contributed by atoms with Crippen molar-refractivity contribution in [3.8, 4) is 5.75 Å². The molecule has 0 aromatic heterocycles. The van der Waals surface area contributed by atoms with Gasteiger partial charge in [0.1, 0.15) is 5.75 Å². The summed E-state index contributed by atoms with van der Waals surface area (Å²) in [5.41, 5.74) is 0.521. The fourth-order valence-corrected chi connectivity index (χ4v) is 1.60. The Morgan fingerprint density at radius 1 is 1.41 bits per heavy atom. The van der Waals surface area contributed by atoms with Gasteiger partial charge in [-0.05, 0) is 31.5 Å². The lowest BCUT2D eigenvalue weighted by atomic mass is 10.2. The number of hydrogen-bond donors (Lipinski definition) is 0. The zero-order chi connectivity index (χ0) is 12.7. The van der Waals surface area contributed by atoms with Crippen LogP contribution in [0.3, 0.4) is 0 Å². The molecule has 3 nitrogen and oxygen atoms in total. The number of carbonyl (C=O) groups is 1. The zero-order valence-electron chi connectivity index (χ0n) is 10.7. The summed E-state index contributed by atoms with van der Waals surface area (Å²) >= 11 is 0. The maximum absolute atomic E-state index is 11.3. The van der Waals surface area contributed by atoms with Crippen molar-refractivity contribution in [2.75, 3.05) is 7.11 Å². The van der Waals surface area contributed by atoms with Crippen molar-refractivity contribution in [3.63, 3.8) is 0 Å². The van der Waals surface area contributed by atoms with E-state index in [9.17, 15) is 4.79 Å². The van der Waals surface area contributed by atoms with E-state index in [-0.39, 0.29) is 12.1 Å². The zero-order valence-corrected chi connectivity index (χ0v) is 10.7. The van der Waals surface area contributed by atoms with Crippen LogP contribution in [0, 0.1) is 0 Å². The maximum Gasteiger partial charge on any atom is 0.337 e. The molecular weight excluding hydrogens is 216 g/mol. The van der Waals surface area contributed by atoms with Crippen LogP contribution < -0.4 is 4.74 Å². The van der Waals surface area contributed by atoms with E-state index < -0.39 is 0 Å². The average Bonchev–Trinajstić information content (AvgIpc) is 2.35. The minimum absolute atomic E-state index is 0.169. The van der Waals surface area contributed by atoms with E-state index in [1.807, 2.05) is 13.0 Å². The van der Waals surface area contributed by atoms with Crippen molar-refractivity contribution in [3.05, 3.63) is 29.8 Å². The molecule has 3 heteroatoms. The molecule has 0 saturated carbocycles. The van der Waals surface area contributed by atoms with Gasteiger partial charge in [0.25, 0.3) is 0 Å². The van der Waals surface area contributed by atoms with Crippen molar-refractivity contribution in [2.45, 2.75) is 39.2 Å². The topological polar surface area (TPSA) is 35.5 Å². The lowest BCUT2D eigenvalue weighted by Crippen LogP contribution is -2.12. The molecule has 0 aliphatic rings. The number of benzene rings is 1. The Hall–Kier alpha value is -1.51. The second-order valence-corrected chi connectivity index (χ2v) is 4.09. The second kappa shape index (κ2) is 6.94. The Morgan fingerprint density at radius 3 is 2.82 bits per heavy atom. The number of unbranched alkanes of at least 4 members (excludes halogenated alkanes) is 1. The molecule has 0 amide bonds. The van der Waals surface area contributed by atoms with Crippen LogP contribution in [-0.2, 0) is 4.74 Å². The highest BCUT2D eigenvalue weighted by Crippen LogP contribution is 2.17. The molecule has 0 heterocycles. The first-order valence-electron chi connectivity index (χ1n) is 6.02. The molecule has 0 saturated heterocycles. The van der Waals surface area contributed by atoms with Crippen LogP contribution in [0.5, 0.6) is 5.75 Å². The molecule has 1 aromatic rings. The molecular formula is C14H20O3. The Labute approximate surface area is 103 Å². The van der Waals surface area contributed by atoms with Crippen molar-refractivity contribution < 1.29 is 14.3 Å². The third-order valence-electron chi connectivity index (χ3n) is 2.56. The standard InChI is InChI=1S/C14H20O3/c1-4-5-7-11(2)17-13-9-6-8-12(10-13)14(15)16-3/h6,8-11H,4-5,7H2,1-3H3. The van der Waals surface area contributed by atoms with Gasteiger partial charge in [-0.3, -0.25) is 0 Å². The number of carbonyl (C=O) groups excluding carboxylic acids is 1. The van der Waals surface area contributed by atoms with Gasteiger partial charge in [-0.15, -0.1) is 0 Å². The summed E-state index contributed by atoms with van der Waals surface area (Å²) in [4.78, 5) is 11.3. The van der Waals surface area contributed by atoms with Crippen molar-refractivity contribution in [2.24, 2.45) is 0 Å². The maximum atomic E-state index is 11.3. The Bertz CT molecular complexity index is 360. The van der Waals surface area contributed by atoms with Gasteiger partial charge in [-0.1, -0.05) is 25.8 Å². The van der Waals surface area contributed by atoms with Crippen LogP contribution in [0.1, 0.15) is 43.5 Å². The normalized spacial score (nSPS) is 11.9. The molecule has 0 spiro atoms. The summed E-state index contributed by atoms with van der Waals surface area (Å²) in [7, 11) is 1.37. The van der Waals surface area contributed by atoms with Crippen molar-refractivity contribution >= 4 is 5.97 Å². The fourth-order valence-electron chi connectivity index (χ4n) is 1.60. The van der Waals surface area contributed by atoms with Crippen LogP contribution >= 0.6 is 0 Å². The molecule has 94 valence electrons. The van der Waals surface area contributed by atoms with E-state index in [1.54, 1.807) is 18.2 Å². The Balaban J connectivity index is 2.62. The molecule has 0 N–H and O–H groups in total. The van der Waals surface area contributed by atoms with Crippen LogP contribution in [-0.4, -0.2) is 19.2 Å². The number of hydrogen-bond acceptors (Lipinski definition) is 3. The first-order valence-corrected chi connectivity index (χ1v) is 6.02. The Morgan fingerprint density at radius 2 is 2.18 bits per heavy atom. The van der Waals surface area contributed by atoms with Crippen molar-refractivity contribution in [1.29, 1.82) is 0 Å². The monoisotopic (exact) mass is 236 g/mol. The largest absolute Gasteiger partial charge is 0.491 e. The highest BCUT2D eigenvalue weighted by molar-refractivity contribution is 5.89. The number of rotatable bonds is 6. The summed E-state index contributed by atoms with van der Waals surface area (Å²) in [6.45, 7) is 4.20. The highest BCUT2D eigenvalue weighted by Gasteiger charge is 2.08. The van der Waals surface area contributed by atoms with Crippen LogP contribution in [0.4, 0.5) is 0 Å². The van der Waals surface area contributed by atoms with E-state index >= 15 is 0 Å². The first kappa shape index (κ1) is 13.6. The lowest BCUT2D eigenvalue weighted by molar-refractivity contribution is 0.0600. The Kier molecular flexibility index (Phi) is 5.53. The van der Waals surface area contributed by atoms with Gasteiger partial charge in [0.05, 0.1) is 18.8 Å². The summed E-state index contributed by atoms with van der Waals surface area (Å²) in [6.07, 6.45) is 3.51. The van der Waals surface area contributed by atoms with E-state index in [2.05, 4.69) is 11.7 Å².